The van der Waals surface area contributed by atoms with Crippen LogP contribution in [0.5, 0.6) is 11.5 Å². The second-order valence-electron chi connectivity index (χ2n) is 5.54. The number of halogens is 4. The molecule has 1 heterocycles. The van der Waals surface area contributed by atoms with Crippen molar-refractivity contribution in [2.24, 2.45) is 0 Å². The molecular formula is C18H9F4N3O3S. The SMILES string of the molecule is N#Cc1ccc(Oc2cc(F)c(S(=O)(=O)Nc3ccc(F)cn3)cc2F)cc1F. The predicted molar refractivity (Wildman–Crippen MR) is 92.6 cm³/mol. The number of hydrogen-bond acceptors (Lipinski definition) is 5. The lowest BCUT2D eigenvalue weighted by Gasteiger charge is -2.11. The van der Waals surface area contributed by atoms with Gasteiger partial charge in [-0.15, -0.1) is 0 Å². The summed E-state index contributed by atoms with van der Waals surface area (Å²) in [6.45, 7) is 0. The van der Waals surface area contributed by atoms with Gasteiger partial charge in [-0.3, -0.25) is 4.72 Å². The fourth-order valence-corrected chi connectivity index (χ4v) is 3.28. The largest absolute Gasteiger partial charge is 0.454 e. The number of pyridine rings is 1. The summed E-state index contributed by atoms with van der Waals surface area (Å²) in [6.07, 6.45) is 0.739. The van der Waals surface area contributed by atoms with Crippen LogP contribution in [0.1, 0.15) is 5.56 Å². The Morgan fingerprint density at radius 2 is 1.72 bits per heavy atom. The van der Waals surface area contributed by atoms with Gasteiger partial charge in [0, 0.05) is 18.2 Å². The lowest BCUT2D eigenvalue weighted by atomic mass is 10.2. The van der Waals surface area contributed by atoms with Crippen molar-refractivity contribution in [3.05, 3.63) is 77.5 Å². The zero-order valence-electron chi connectivity index (χ0n) is 14.2. The van der Waals surface area contributed by atoms with E-state index >= 15 is 0 Å². The predicted octanol–water partition coefficient (Wildman–Crippen LogP) is 4.10. The van der Waals surface area contributed by atoms with Crippen molar-refractivity contribution >= 4 is 15.8 Å². The normalized spacial score (nSPS) is 11.0. The van der Waals surface area contributed by atoms with Crippen LogP contribution in [0.25, 0.3) is 0 Å². The highest BCUT2D eigenvalue weighted by Crippen LogP contribution is 2.30. The summed E-state index contributed by atoms with van der Waals surface area (Å²) < 4.78 is 86.5. The maximum atomic E-state index is 14.3. The van der Waals surface area contributed by atoms with Crippen molar-refractivity contribution in [2.75, 3.05) is 4.72 Å². The molecular weight excluding hydrogens is 414 g/mol. The van der Waals surface area contributed by atoms with Gasteiger partial charge in [-0.05, 0) is 24.3 Å². The van der Waals surface area contributed by atoms with E-state index in [1.165, 1.54) is 0 Å². The van der Waals surface area contributed by atoms with E-state index in [1.54, 1.807) is 6.07 Å². The monoisotopic (exact) mass is 423 g/mol. The topological polar surface area (TPSA) is 92.1 Å². The molecule has 11 heteroatoms. The zero-order valence-corrected chi connectivity index (χ0v) is 15.0. The number of nitrogens with zero attached hydrogens (tertiary/aromatic N) is 2. The van der Waals surface area contributed by atoms with E-state index < -0.39 is 43.9 Å². The van der Waals surface area contributed by atoms with Crippen LogP contribution in [-0.2, 0) is 10.0 Å². The Balaban J connectivity index is 1.89. The Hall–Kier alpha value is -3.65. The van der Waals surface area contributed by atoms with Crippen LogP contribution in [0, 0.1) is 34.6 Å². The lowest BCUT2D eigenvalue weighted by Crippen LogP contribution is -2.16. The number of benzene rings is 2. The van der Waals surface area contributed by atoms with Crippen LogP contribution in [0.2, 0.25) is 0 Å². The van der Waals surface area contributed by atoms with Crippen molar-refractivity contribution in [2.45, 2.75) is 4.90 Å². The van der Waals surface area contributed by atoms with Crippen LogP contribution < -0.4 is 9.46 Å². The molecule has 0 aliphatic rings. The minimum atomic E-state index is -4.59. The molecule has 0 saturated heterocycles. The number of nitrogens with one attached hydrogen (secondary N) is 1. The van der Waals surface area contributed by atoms with Crippen LogP contribution in [0.3, 0.4) is 0 Å². The van der Waals surface area contributed by atoms with E-state index in [0.717, 1.165) is 36.5 Å². The van der Waals surface area contributed by atoms with Crippen molar-refractivity contribution in [1.29, 1.82) is 5.26 Å². The molecule has 6 nitrogen and oxygen atoms in total. The van der Waals surface area contributed by atoms with E-state index in [1.807, 2.05) is 4.72 Å². The minimum absolute atomic E-state index is 0.232. The third kappa shape index (κ3) is 4.44. The molecule has 0 spiro atoms. The highest BCUT2D eigenvalue weighted by atomic mass is 32.2. The molecule has 2 aromatic carbocycles. The standard InChI is InChI=1S/C18H9F4N3O3S/c19-11-2-4-18(24-9-11)25-29(26,27)17-7-14(21)16(6-15(17)22)28-12-3-1-10(8-23)13(20)5-12/h1-7,9H,(H,24,25). The quantitative estimate of drug-likeness (QED) is 0.624. The Morgan fingerprint density at radius 3 is 2.34 bits per heavy atom. The molecule has 0 unspecified atom stereocenters. The third-order valence-electron chi connectivity index (χ3n) is 3.53. The maximum Gasteiger partial charge on any atom is 0.266 e. The van der Waals surface area contributed by atoms with Gasteiger partial charge in [-0.25, -0.2) is 31.0 Å². The number of anilines is 1. The Bertz CT molecular complexity index is 1230. The number of hydrogen-bond donors (Lipinski definition) is 1. The number of nitriles is 1. The summed E-state index contributed by atoms with van der Waals surface area (Å²) in [5.74, 6) is -5.49. The lowest BCUT2D eigenvalue weighted by molar-refractivity contribution is 0.429. The van der Waals surface area contributed by atoms with E-state index in [4.69, 9.17) is 10.00 Å². The first kappa shape index (κ1) is 20.1. The number of aromatic nitrogens is 1. The molecule has 0 aliphatic heterocycles. The summed E-state index contributed by atoms with van der Waals surface area (Å²) in [4.78, 5) is 2.43. The summed E-state index contributed by atoms with van der Waals surface area (Å²) >= 11 is 0. The fourth-order valence-electron chi connectivity index (χ4n) is 2.20. The fraction of sp³-hybridized carbons (Fsp3) is 0. The zero-order chi connectivity index (χ0) is 21.2. The molecule has 1 aromatic heterocycles. The van der Waals surface area contributed by atoms with Gasteiger partial charge in [0.1, 0.15) is 40.0 Å². The van der Waals surface area contributed by atoms with Gasteiger partial charge in [0.25, 0.3) is 10.0 Å². The van der Waals surface area contributed by atoms with E-state index in [-0.39, 0.29) is 17.1 Å². The Morgan fingerprint density at radius 1 is 0.966 bits per heavy atom. The molecule has 1 N–H and O–H groups in total. The molecule has 0 saturated carbocycles. The minimum Gasteiger partial charge on any atom is -0.454 e. The second-order valence-corrected chi connectivity index (χ2v) is 7.19. The van der Waals surface area contributed by atoms with Gasteiger partial charge in [-0.1, -0.05) is 0 Å². The molecule has 148 valence electrons. The number of rotatable bonds is 5. The Kier molecular flexibility index (Phi) is 5.38. The van der Waals surface area contributed by atoms with E-state index in [2.05, 4.69) is 4.98 Å². The summed E-state index contributed by atoms with van der Waals surface area (Å²) in [5.41, 5.74) is -0.272. The van der Waals surface area contributed by atoms with Crippen LogP contribution >= 0.6 is 0 Å². The van der Waals surface area contributed by atoms with Gasteiger partial charge < -0.3 is 4.74 Å². The Labute approximate surface area is 162 Å². The second kappa shape index (κ2) is 7.76. The average molecular weight is 423 g/mol. The number of ether oxygens (including phenoxy) is 1. The van der Waals surface area contributed by atoms with Gasteiger partial charge in [0.15, 0.2) is 11.6 Å². The molecule has 0 fully saturated rings. The molecule has 3 aromatic rings. The number of sulfonamides is 1. The summed E-state index contributed by atoms with van der Waals surface area (Å²) in [7, 11) is -4.59. The molecule has 0 aliphatic carbocycles. The molecule has 0 amide bonds. The first-order chi connectivity index (χ1) is 13.7. The molecule has 3 rings (SSSR count). The van der Waals surface area contributed by atoms with Gasteiger partial charge in [-0.2, -0.15) is 5.26 Å². The summed E-state index contributed by atoms with van der Waals surface area (Å²) in [6, 6.07) is 7.39. The molecule has 29 heavy (non-hydrogen) atoms. The van der Waals surface area contributed by atoms with Crippen molar-refractivity contribution in [3.63, 3.8) is 0 Å². The maximum absolute atomic E-state index is 14.3. The van der Waals surface area contributed by atoms with Crippen molar-refractivity contribution < 1.29 is 30.7 Å². The van der Waals surface area contributed by atoms with Crippen LogP contribution in [-0.4, -0.2) is 13.4 Å². The van der Waals surface area contributed by atoms with Gasteiger partial charge in [0.05, 0.1) is 11.8 Å². The molecule has 0 atom stereocenters. The van der Waals surface area contributed by atoms with Crippen LogP contribution in [0.4, 0.5) is 23.4 Å². The summed E-state index contributed by atoms with van der Waals surface area (Å²) in [5, 5.41) is 8.68. The van der Waals surface area contributed by atoms with Crippen LogP contribution in [0.15, 0.2) is 53.6 Å². The molecule has 0 bridgehead atoms. The smallest absolute Gasteiger partial charge is 0.266 e. The highest BCUT2D eigenvalue weighted by Gasteiger charge is 2.23. The molecule has 0 radical (unpaired) electrons. The van der Waals surface area contributed by atoms with E-state index in [9.17, 15) is 26.0 Å². The van der Waals surface area contributed by atoms with Gasteiger partial charge in [0.2, 0.25) is 0 Å². The van der Waals surface area contributed by atoms with Crippen molar-refractivity contribution in [1.82, 2.24) is 4.98 Å². The first-order valence-electron chi connectivity index (χ1n) is 7.70. The highest BCUT2D eigenvalue weighted by molar-refractivity contribution is 7.92. The first-order valence-corrected chi connectivity index (χ1v) is 9.19. The third-order valence-corrected chi connectivity index (χ3v) is 4.90. The van der Waals surface area contributed by atoms with Gasteiger partial charge >= 0.3 is 0 Å². The average Bonchev–Trinajstić information content (AvgIpc) is 2.66. The van der Waals surface area contributed by atoms with E-state index in [0.29, 0.717) is 12.1 Å². The van der Waals surface area contributed by atoms with Crippen molar-refractivity contribution in [3.8, 4) is 17.6 Å².